The maximum absolute atomic E-state index is 11.3. The number of carbonyl (C=O) groups excluding carboxylic acids is 1. The molecule has 0 unspecified atom stereocenters. The highest BCUT2D eigenvalue weighted by atomic mass is 16.1. The average molecular weight is 223 g/mol. The van der Waals surface area contributed by atoms with Gasteiger partial charge < -0.3 is 4.90 Å². The zero-order chi connectivity index (χ0) is 11.4. The van der Waals surface area contributed by atoms with E-state index in [4.69, 9.17) is 0 Å². The minimum Gasteiger partial charge on any atom is -0.300 e. The molecule has 2 heteroatoms. The average Bonchev–Trinajstić information content (AvgIpc) is 2.57. The van der Waals surface area contributed by atoms with E-state index in [2.05, 4.69) is 4.90 Å². The van der Waals surface area contributed by atoms with Crippen molar-refractivity contribution in [2.24, 2.45) is 5.92 Å². The molecule has 92 valence electrons. The fourth-order valence-electron chi connectivity index (χ4n) is 3.29. The molecule has 0 aromatic rings. The molecule has 0 N–H and O–H groups in total. The summed E-state index contributed by atoms with van der Waals surface area (Å²) in [7, 11) is 0. The van der Waals surface area contributed by atoms with Gasteiger partial charge in [-0.25, -0.2) is 0 Å². The first kappa shape index (κ1) is 12.1. The molecule has 16 heavy (non-hydrogen) atoms. The molecule has 0 spiro atoms. The molecule has 0 bridgehead atoms. The second-order valence-corrected chi connectivity index (χ2v) is 5.57. The van der Waals surface area contributed by atoms with Crippen LogP contribution in [0.25, 0.3) is 0 Å². The van der Waals surface area contributed by atoms with Crippen molar-refractivity contribution >= 4 is 5.78 Å². The number of nitrogens with zero attached hydrogens (tertiary/aromatic N) is 1. The molecule has 1 saturated carbocycles. The van der Waals surface area contributed by atoms with Crippen LogP contribution >= 0.6 is 0 Å². The summed E-state index contributed by atoms with van der Waals surface area (Å²) < 4.78 is 0. The first-order chi connectivity index (χ1) is 7.77. The van der Waals surface area contributed by atoms with Gasteiger partial charge in [0.05, 0.1) is 0 Å². The van der Waals surface area contributed by atoms with E-state index in [9.17, 15) is 4.79 Å². The smallest absolute Gasteiger partial charge is 0.133 e. The lowest BCUT2D eigenvalue weighted by atomic mass is 9.91. The predicted molar refractivity (Wildman–Crippen MR) is 66.5 cm³/mol. The van der Waals surface area contributed by atoms with Crippen molar-refractivity contribution < 1.29 is 4.79 Å². The molecule has 1 heterocycles. The number of carbonyl (C=O) groups is 1. The first-order valence-corrected chi connectivity index (χ1v) is 7.02. The SMILES string of the molecule is CC(=O)C1CCN(C2CCCCCC2)CC1. The van der Waals surface area contributed by atoms with Gasteiger partial charge >= 0.3 is 0 Å². The summed E-state index contributed by atoms with van der Waals surface area (Å²) in [5.41, 5.74) is 0. The summed E-state index contributed by atoms with van der Waals surface area (Å²) in [5.74, 6) is 0.766. The quantitative estimate of drug-likeness (QED) is 0.671. The van der Waals surface area contributed by atoms with Gasteiger partial charge in [-0.05, 0) is 45.7 Å². The van der Waals surface area contributed by atoms with Crippen molar-refractivity contribution in [1.29, 1.82) is 0 Å². The van der Waals surface area contributed by atoms with Crippen LogP contribution in [-0.4, -0.2) is 29.8 Å². The normalized spacial score (nSPS) is 26.6. The minimum atomic E-state index is 0.363. The van der Waals surface area contributed by atoms with E-state index < -0.39 is 0 Å². The van der Waals surface area contributed by atoms with E-state index in [-0.39, 0.29) is 0 Å². The molecule has 1 aliphatic heterocycles. The number of piperidine rings is 1. The Morgan fingerprint density at radius 2 is 1.50 bits per heavy atom. The molecule has 1 aliphatic carbocycles. The van der Waals surface area contributed by atoms with Gasteiger partial charge in [-0.15, -0.1) is 0 Å². The zero-order valence-corrected chi connectivity index (χ0v) is 10.6. The van der Waals surface area contributed by atoms with Gasteiger partial charge in [-0.2, -0.15) is 0 Å². The van der Waals surface area contributed by atoms with Crippen LogP contribution in [-0.2, 0) is 4.79 Å². The molecule has 2 aliphatic rings. The van der Waals surface area contributed by atoms with E-state index in [0.29, 0.717) is 11.7 Å². The molecular formula is C14H25NO. The van der Waals surface area contributed by atoms with Gasteiger partial charge in [0.2, 0.25) is 0 Å². The molecule has 0 amide bonds. The Hall–Kier alpha value is -0.370. The fourth-order valence-corrected chi connectivity index (χ4v) is 3.29. The maximum atomic E-state index is 11.3. The topological polar surface area (TPSA) is 20.3 Å². The van der Waals surface area contributed by atoms with Crippen LogP contribution in [0.5, 0.6) is 0 Å². The molecule has 0 aromatic carbocycles. The largest absolute Gasteiger partial charge is 0.300 e. The third kappa shape index (κ3) is 3.07. The standard InChI is InChI=1S/C14H25NO/c1-12(16)13-8-10-15(11-9-13)14-6-4-2-3-5-7-14/h13-14H,2-11H2,1H3. The third-order valence-electron chi connectivity index (χ3n) is 4.45. The van der Waals surface area contributed by atoms with Crippen molar-refractivity contribution in [3.63, 3.8) is 0 Å². The number of Topliss-reactive ketones (excluding diaryl/α,β-unsaturated/α-hetero) is 1. The van der Waals surface area contributed by atoms with Crippen molar-refractivity contribution in [3.8, 4) is 0 Å². The molecule has 2 fully saturated rings. The van der Waals surface area contributed by atoms with Gasteiger partial charge in [0.25, 0.3) is 0 Å². The fraction of sp³-hybridized carbons (Fsp3) is 0.929. The Morgan fingerprint density at radius 1 is 0.938 bits per heavy atom. The molecular weight excluding hydrogens is 198 g/mol. The summed E-state index contributed by atoms with van der Waals surface area (Å²) in [6.45, 7) is 4.08. The van der Waals surface area contributed by atoms with Crippen LogP contribution in [0.2, 0.25) is 0 Å². The molecule has 0 radical (unpaired) electrons. The van der Waals surface area contributed by atoms with E-state index in [1.165, 1.54) is 38.5 Å². The van der Waals surface area contributed by atoms with Crippen LogP contribution in [0.4, 0.5) is 0 Å². The van der Waals surface area contributed by atoms with E-state index in [1.807, 2.05) is 0 Å². The van der Waals surface area contributed by atoms with Gasteiger partial charge in [0.15, 0.2) is 0 Å². The lowest BCUT2D eigenvalue weighted by Gasteiger charge is -2.36. The lowest BCUT2D eigenvalue weighted by molar-refractivity contribution is -0.122. The van der Waals surface area contributed by atoms with E-state index in [0.717, 1.165) is 32.0 Å². The predicted octanol–water partition coefficient (Wildman–Crippen LogP) is 3.01. The molecule has 0 aromatic heterocycles. The number of ketones is 1. The first-order valence-electron chi connectivity index (χ1n) is 7.02. The second-order valence-electron chi connectivity index (χ2n) is 5.57. The summed E-state index contributed by atoms with van der Waals surface area (Å²) >= 11 is 0. The number of hydrogen-bond donors (Lipinski definition) is 0. The highest BCUT2D eigenvalue weighted by molar-refractivity contribution is 5.78. The molecule has 2 nitrogen and oxygen atoms in total. The number of rotatable bonds is 2. The monoisotopic (exact) mass is 223 g/mol. The minimum absolute atomic E-state index is 0.363. The van der Waals surface area contributed by atoms with Gasteiger partial charge in [0, 0.05) is 12.0 Å². The van der Waals surface area contributed by atoms with Crippen molar-refractivity contribution in [1.82, 2.24) is 4.90 Å². The third-order valence-corrected chi connectivity index (χ3v) is 4.45. The highest BCUT2D eigenvalue weighted by Gasteiger charge is 2.27. The number of likely N-dealkylation sites (tertiary alicyclic amines) is 1. The van der Waals surface area contributed by atoms with Crippen LogP contribution in [0.15, 0.2) is 0 Å². The number of hydrogen-bond acceptors (Lipinski definition) is 2. The molecule has 1 saturated heterocycles. The summed E-state index contributed by atoms with van der Waals surface area (Å²) in [5, 5.41) is 0. The van der Waals surface area contributed by atoms with Crippen molar-refractivity contribution in [2.45, 2.75) is 64.3 Å². The maximum Gasteiger partial charge on any atom is 0.133 e. The van der Waals surface area contributed by atoms with Crippen LogP contribution in [0.3, 0.4) is 0 Å². The Morgan fingerprint density at radius 3 is 2.00 bits per heavy atom. The van der Waals surface area contributed by atoms with Crippen LogP contribution in [0, 0.1) is 5.92 Å². The van der Waals surface area contributed by atoms with Crippen LogP contribution in [0.1, 0.15) is 58.3 Å². The highest BCUT2D eigenvalue weighted by Crippen LogP contribution is 2.26. The van der Waals surface area contributed by atoms with Gasteiger partial charge in [0.1, 0.15) is 5.78 Å². The van der Waals surface area contributed by atoms with E-state index in [1.54, 1.807) is 6.92 Å². The molecule has 0 atom stereocenters. The second kappa shape index (κ2) is 5.81. The Balaban J connectivity index is 1.81. The van der Waals surface area contributed by atoms with Crippen molar-refractivity contribution in [2.75, 3.05) is 13.1 Å². The van der Waals surface area contributed by atoms with Crippen LogP contribution < -0.4 is 0 Å². The lowest BCUT2D eigenvalue weighted by Crippen LogP contribution is -2.42. The molecule has 2 rings (SSSR count). The van der Waals surface area contributed by atoms with Gasteiger partial charge in [-0.3, -0.25) is 4.79 Å². The van der Waals surface area contributed by atoms with Crippen molar-refractivity contribution in [3.05, 3.63) is 0 Å². The Labute approximate surface area is 99.4 Å². The van der Waals surface area contributed by atoms with Gasteiger partial charge in [-0.1, -0.05) is 25.7 Å². The summed E-state index contributed by atoms with van der Waals surface area (Å²) in [4.78, 5) is 14.0. The van der Waals surface area contributed by atoms with E-state index >= 15 is 0 Å². The summed E-state index contributed by atoms with van der Waals surface area (Å²) in [6, 6.07) is 0.829. The Kier molecular flexibility index (Phi) is 4.39. The Bertz CT molecular complexity index is 223. The zero-order valence-electron chi connectivity index (χ0n) is 10.6. The summed E-state index contributed by atoms with van der Waals surface area (Å²) in [6.07, 6.45) is 10.7.